The molecule has 0 saturated carbocycles. The summed E-state index contributed by atoms with van der Waals surface area (Å²) in [5, 5.41) is 0. The van der Waals surface area contributed by atoms with Crippen molar-refractivity contribution in [1.29, 1.82) is 0 Å². The van der Waals surface area contributed by atoms with E-state index in [1.54, 1.807) is 0 Å². The summed E-state index contributed by atoms with van der Waals surface area (Å²) >= 11 is -0.750. The van der Waals surface area contributed by atoms with E-state index >= 15 is 0 Å². The van der Waals surface area contributed by atoms with Gasteiger partial charge in [-0.1, -0.05) is 53.4 Å². The van der Waals surface area contributed by atoms with Crippen molar-refractivity contribution in [2.45, 2.75) is 79.1 Å². The van der Waals surface area contributed by atoms with Gasteiger partial charge in [0, 0.05) is 44.6 Å². The highest BCUT2D eigenvalue weighted by atomic mass is 32.2. The summed E-state index contributed by atoms with van der Waals surface area (Å²) in [4.78, 5) is 0. The van der Waals surface area contributed by atoms with Gasteiger partial charge in [0.05, 0.1) is 0 Å². The molecule has 0 aliphatic rings. The van der Waals surface area contributed by atoms with Gasteiger partial charge in [0.1, 0.15) is 0 Å². The second-order valence-electron chi connectivity index (χ2n) is 5.18. The number of hydrogen-bond donors (Lipinski definition) is 0. The molecule has 0 saturated heterocycles. The summed E-state index contributed by atoms with van der Waals surface area (Å²) < 4.78 is 38.7. The van der Waals surface area contributed by atoms with E-state index < -0.39 is 33.2 Å². The minimum atomic E-state index is -0.750. The summed E-state index contributed by atoms with van der Waals surface area (Å²) in [6.07, 6.45) is 9.14. The molecule has 0 aromatic heterocycles. The topological polar surface area (TPSA) is 68.3 Å². The molecule has 4 nitrogen and oxygen atoms in total. The normalized spacial score (nSPS) is 9.83. The SMILES string of the molecule is CCCCS(=O)CCCC.CCCCS(=O)CCCC.O=S=O. The minimum Gasteiger partial charge on any atom is -0.260 e. The van der Waals surface area contributed by atoms with Crippen LogP contribution in [0, 0.1) is 0 Å². The lowest BCUT2D eigenvalue weighted by Gasteiger charge is -1.97. The van der Waals surface area contributed by atoms with Crippen LogP contribution in [0.5, 0.6) is 0 Å². The molecule has 0 aliphatic carbocycles. The van der Waals surface area contributed by atoms with Crippen molar-refractivity contribution < 1.29 is 16.8 Å². The summed E-state index contributed by atoms with van der Waals surface area (Å²) in [6, 6.07) is 0. The average Bonchev–Trinajstić information content (AvgIpc) is 2.55. The zero-order valence-corrected chi connectivity index (χ0v) is 17.8. The van der Waals surface area contributed by atoms with Crippen molar-refractivity contribution in [2.24, 2.45) is 0 Å². The summed E-state index contributed by atoms with van der Waals surface area (Å²) in [5.41, 5.74) is 0. The van der Waals surface area contributed by atoms with Gasteiger partial charge in [-0.2, -0.15) is 8.42 Å². The highest BCUT2D eigenvalue weighted by molar-refractivity contribution is 7.85. The zero-order chi connectivity index (χ0) is 18.3. The second-order valence-corrected chi connectivity index (χ2v) is 8.71. The average molecular weight is 389 g/mol. The summed E-state index contributed by atoms with van der Waals surface area (Å²) in [5.74, 6) is 3.65. The number of rotatable bonds is 12. The Kier molecular flexibility index (Phi) is 32.8. The highest BCUT2D eigenvalue weighted by Gasteiger charge is 1.96. The van der Waals surface area contributed by atoms with Crippen LogP contribution in [-0.4, -0.2) is 39.8 Å². The first-order chi connectivity index (χ1) is 11.0. The maximum Gasteiger partial charge on any atom is 0.335 e. The Morgan fingerprint density at radius 1 is 0.565 bits per heavy atom. The van der Waals surface area contributed by atoms with Gasteiger partial charge < -0.3 is 0 Å². The fourth-order valence-electron chi connectivity index (χ4n) is 1.43. The molecule has 0 aliphatic heterocycles. The van der Waals surface area contributed by atoms with E-state index in [0.29, 0.717) is 0 Å². The molecule has 0 bridgehead atoms. The molecule has 0 N–H and O–H groups in total. The van der Waals surface area contributed by atoms with Gasteiger partial charge in [-0.15, -0.1) is 0 Å². The maximum atomic E-state index is 11.1. The lowest BCUT2D eigenvalue weighted by atomic mass is 10.4. The molecule has 0 spiro atoms. The Labute approximate surface area is 152 Å². The molecule has 142 valence electrons. The lowest BCUT2D eigenvalue weighted by molar-refractivity contribution is 0.630. The van der Waals surface area contributed by atoms with Crippen LogP contribution in [-0.2, 0) is 33.2 Å². The zero-order valence-electron chi connectivity index (χ0n) is 15.3. The van der Waals surface area contributed by atoms with Crippen LogP contribution in [0.2, 0.25) is 0 Å². The number of hydrogen-bond acceptors (Lipinski definition) is 4. The molecule has 0 aromatic carbocycles. The van der Waals surface area contributed by atoms with Crippen LogP contribution in [0.15, 0.2) is 0 Å². The Morgan fingerprint density at radius 2 is 0.739 bits per heavy atom. The van der Waals surface area contributed by atoms with Crippen molar-refractivity contribution in [1.82, 2.24) is 0 Å². The van der Waals surface area contributed by atoms with E-state index in [0.717, 1.165) is 74.4 Å². The smallest absolute Gasteiger partial charge is 0.260 e. The molecular weight excluding hydrogens is 352 g/mol. The van der Waals surface area contributed by atoms with E-state index in [4.69, 9.17) is 8.42 Å². The third kappa shape index (κ3) is 34.5. The van der Waals surface area contributed by atoms with E-state index in [9.17, 15) is 8.42 Å². The molecule has 0 fully saturated rings. The van der Waals surface area contributed by atoms with Gasteiger partial charge in [-0.05, 0) is 25.7 Å². The van der Waals surface area contributed by atoms with Gasteiger partial charge in [-0.25, -0.2) is 0 Å². The highest BCUT2D eigenvalue weighted by Crippen LogP contribution is 1.96. The maximum absolute atomic E-state index is 11.1. The van der Waals surface area contributed by atoms with E-state index in [2.05, 4.69) is 27.7 Å². The van der Waals surface area contributed by atoms with Crippen LogP contribution >= 0.6 is 0 Å². The van der Waals surface area contributed by atoms with E-state index in [1.165, 1.54) is 0 Å². The van der Waals surface area contributed by atoms with Gasteiger partial charge >= 0.3 is 11.6 Å². The van der Waals surface area contributed by atoms with Crippen LogP contribution < -0.4 is 0 Å². The quantitative estimate of drug-likeness (QED) is 0.507. The molecule has 0 heterocycles. The third-order valence-electron chi connectivity index (χ3n) is 2.90. The fraction of sp³-hybridized carbons (Fsp3) is 1.00. The first-order valence-electron chi connectivity index (χ1n) is 8.65. The number of unbranched alkanes of at least 4 members (excludes halogenated alkanes) is 4. The third-order valence-corrected chi connectivity index (χ3v) is 5.88. The Morgan fingerprint density at radius 3 is 0.870 bits per heavy atom. The van der Waals surface area contributed by atoms with Gasteiger partial charge in [-0.3, -0.25) is 8.42 Å². The monoisotopic (exact) mass is 388 g/mol. The second kappa shape index (κ2) is 27.0. The standard InChI is InChI=1S/2C8H18OS.O2S/c2*1-3-5-7-10(9)8-6-4-2;1-3-2/h2*3-8H2,1-2H3;. The van der Waals surface area contributed by atoms with Gasteiger partial charge in [0.15, 0.2) is 0 Å². The van der Waals surface area contributed by atoms with Gasteiger partial charge in [0.25, 0.3) is 0 Å². The fourth-order valence-corrected chi connectivity index (χ4v) is 4.28. The van der Waals surface area contributed by atoms with Crippen LogP contribution in [0.1, 0.15) is 79.1 Å². The Balaban J connectivity index is -0.000000297. The summed E-state index contributed by atoms with van der Waals surface area (Å²) in [7, 11) is -1.04. The minimum absolute atomic E-state index is 0.520. The molecule has 0 atom stereocenters. The Hall–Kier alpha value is 0.120. The molecule has 0 rings (SSSR count). The predicted octanol–water partition coefficient (Wildman–Crippen LogP) is 4.00. The molecule has 0 amide bonds. The van der Waals surface area contributed by atoms with Crippen LogP contribution in [0.4, 0.5) is 0 Å². The van der Waals surface area contributed by atoms with Crippen molar-refractivity contribution in [3.63, 3.8) is 0 Å². The molecule has 0 unspecified atom stereocenters. The van der Waals surface area contributed by atoms with Crippen LogP contribution in [0.25, 0.3) is 0 Å². The summed E-state index contributed by atoms with van der Waals surface area (Å²) in [6.45, 7) is 8.54. The molecule has 23 heavy (non-hydrogen) atoms. The predicted molar refractivity (Wildman–Crippen MR) is 104 cm³/mol. The molecular formula is C16H36O4S3. The molecule has 0 radical (unpaired) electrons. The van der Waals surface area contributed by atoms with E-state index in [-0.39, 0.29) is 0 Å². The van der Waals surface area contributed by atoms with Crippen molar-refractivity contribution in [3.8, 4) is 0 Å². The molecule has 7 heteroatoms. The lowest BCUT2D eigenvalue weighted by Crippen LogP contribution is -2.01. The Bertz CT molecular complexity index is 260. The van der Waals surface area contributed by atoms with Crippen molar-refractivity contribution in [3.05, 3.63) is 0 Å². The largest absolute Gasteiger partial charge is 0.335 e. The molecule has 0 aromatic rings. The first-order valence-corrected chi connectivity index (χ1v) is 12.3. The van der Waals surface area contributed by atoms with Crippen molar-refractivity contribution >= 4 is 33.2 Å². The van der Waals surface area contributed by atoms with Crippen LogP contribution in [0.3, 0.4) is 0 Å². The first kappa shape index (κ1) is 27.9. The van der Waals surface area contributed by atoms with E-state index in [1.807, 2.05) is 0 Å². The van der Waals surface area contributed by atoms with Crippen molar-refractivity contribution in [2.75, 3.05) is 23.0 Å². The van der Waals surface area contributed by atoms with Gasteiger partial charge in [0.2, 0.25) is 0 Å².